The number of nitrogens with zero attached hydrogens (tertiary/aromatic N) is 1. The van der Waals surface area contributed by atoms with E-state index in [0.717, 1.165) is 27.9 Å². The number of carbonyl (C=O) groups is 1. The highest BCUT2D eigenvalue weighted by molar-refractivity contribution is 6.04. The van der Waals surface area contributed by atoms with Gasteiger partial charge in [-0.1, -0.05) is 12.1 Å². The number of ether oxygens (including phenoxy) is 1. The van der Waals surface area contributed by atoms with Crippen molar-refractivity contribution in [1.29, 1.82) is 0 Å². The van der Waals surface area contributed by atoms with Crippen LogP contribution < -0.4 is 10.1 Å². The maximum atomic E-state index is 12.4. The van der Waals surface area contributed by atoms with Crippen molar-refractivity contribution in [2.45, 2.75) is 13.8 Å². The van der Waals surface area contributed by atoms with E-state index in [4.69, 9.17) is 4.74 Å². The molecule has 4 heteroatoms. The summed E-state index contributed by atoms with van der Waals surface area (Å²) in [6, 6.07) is 15.0. The molecule has 1 N–H and O–H groups in total. The van der Waals surface area contributed by atoms with Gasteiger partial charge < -0.3 is 10.1 Å². The molecule has 0 bridgehead atoms. The number of aryl methyl sites for hydroxylation is 2. The zero-order valence-electron chi connectivity index (χ0n) is 13.4. The predicted octanol–water partition coefficient (Wildman–Crippen LogP) is 4.11. The molecule has 0 atom stereocenters. The van der Waals surface area contributed by atoms with Crippen LogP contribution in [0.5, 0.6) is 5.75 Å². The van der Waals surface area contributed by atoms with Gasteiger partial charge in [-0.2, -0.15) is 0 Å². The number of amides is 1. The monoisotopic (exact) mass is 306 g/mol. The topological polar surface area (TPSA) is 51.2 Å². The molecule has 1 amide bonds. The maximum absolute atomic E-state index is 12.4. The van der Waals surface area contributed by atoms with E-state index in [1.807, 2.05) is 56.3 Å². The highest BCUT2D eigenvalue weighted by atomic mass is 16.5. The average molecular weight is 306 g/mol. The summed E-state index contributed by atoms with van der Waals surface area (Å²) in [6.45, 7) is 4.06. The molecular weight excluding hydrogens is 288 g/mol. The molecule has 1 heterocycles. The van der Waals surface area contributed by atoms with Gasteiger partial charge in [0.05, 0.1) is 12.6 Å². The minimum absolute atomic E-state index is 0.217. The van der Waals surface area contributed by atoms with Gasteiger partial charge in [0.2, 0.25) is 0 Å². The first kappa shape index (κ1) is 15.0. The Morgan fingerprint density at radius 1 is 1.00 bits per heavy atom. The second-order valence-corrected chi connectivity index (χ2v) is 5.51. The quantitative estimate of drug-likeness (QED) is 0.792. The molecule has 0 unspecified atom stereocenters. The molecule has 0 aliphatic heterocycles. The Bertz CT molecular complexity index is 888. The van der Waals surface area contributed by atoms with Crippen molar-refractivity contribution in [2.75, 3.05) is 12.4 Å². The van der Waals surface area contributed by atoms with Crippen molar-refractivity contribution >= 4 is 22.5 Å². The van der Waals surface area contributed by atoms with Crippen LogP contribution in [0.15, 0.2) is 48.5 Å². The molecule has 2 aromatic carbocycles. The lowest BCUT2D eigenvalue weighted by atomic mass is 10.1. The van der Waals surface area contributed by atoms with E-state index in [1.54, 1.807) is 13.2 Å². The summed E-state index contributed by atoms with van der Waals surface area (Å²) < 4.78 is 5.19. The second kappa shape index (κ2) is 6.08. The normalized spacial score (nSPS) is 10.6. The first-order valence-corrected chi connectivity index (χ1v) is 7.40. The smallest absolute Gasteiger partial charge is 0.274 e. The van der Waals surface area contributed by atoms with Gasteiger partial charge in [-0.3, -0.25) is 4.79 Å². The molecule has 0 spiro atoms. The number of hydrogen-bond acceptors (Lipinski definition) is 3. The Hall–Kier alpha value is -2.88. The van der Waals surface area contributed by atoms with Crippen LogP contribution >= 0.6 is 0 Å². The Labute approximate surface area is 135 Å². The lowest BCUT2D eigenvalue weighted by Gasteiger charge is -2.08. The van der Waals surface area contributed by atoms with Crippen molar-refractivity contribution in [3.8, 4) is 5.75 Å². The largest absolute Gasteiger partial charge is 0.497 e. The van der Waals surface area contributed by atoms with E-state index in [-0.39, 0.29) is 5.91 Å². The summed E-state index contributed by atoms with van der Waals surface area (Å²) in [4.78, 5) is 16.8. The van der Waals surface area contributed by atoms with Crippen molar-refractivity contribution in [2.24, 2.45) is 0 Å². The summed E-state index contributed by atoms with van der Waals surface area (Å²) in [7, 11) is 1.62. The zero-order valence-corrected chi connectivity index (χ0v) is 13.4. The number of anilines is 1. The molecule has 3 aromatic rings. The van der Waals surface area contributed by atoms with Gasteiger partial charge in [-0.05, 0) is 61.4 Å². The highest BCUT2D eigenvalue weighted by Gasteiger charge is 2.09. The molecule has 0 aliphatic carbocycles. The van der Waals surface area contributed by atoms with E-state index in [1.165, 1.54) is 5.56 Å². The minimum atomic E-state index is -0.217. The molecule has 0 saturated carbocycles. The van der Waals surface area contributed by atoms with E-state index in [9.17, 15) is 4.79 Å². The Balaban J connectivity index is 1.86. The summed E-state index contributed by atoms with van der Waals surface area (Å²) in [5.74, 6) is 0.553. The van der Waals surface area contributed by atoms with Crippen LogP contribution in [0.4, 0.5) is 5.69 Å². The first-order valence-electron chi connectivity index (χ1n) is 7.40. The van der Waals surface area contributed by atoms with Crippen molar-refractivity contribution in [1.82, 2.24) is 4.98 Å². The number of rotatable bonds is 3. The van der Waals surface area contributed by atoms with E-state index < -0.39 is 0 Å². The third-order valence-corrected chi connectivity index (χ3v) is 3.89. The molecule has 0 radical (unpaired) electrons. The summed E-state index contributed by atoms with van der Waals surface area (Å²) in [5.41, 5.74) is 4.26. The molecule has 0 fully saturated rings. The SMILES string of the molecule is COc1ccc2nc(C(=O)Nc3ccc(C)c(C)c3)ccc2c1. The number of nitrogens with one attached hydrogen (secondary N) is 1. The number of pyridine rings is 1. The van der Waals surface area contributed by atoms with Crippen LogP contribution in [-0.2, 0) is 0 Å². The zero-order chi connectivity index (χ0) is 16.4. The number of carbonyl (C=O) groups excluding carboxylic acids is 1. The van der Waals surface area contributed by atoms with Gasteiger partial charge >= 0.3 is 0 Å². The Kier molecular flexibility index (Phi) is 3.98. The Morgan fingerprint density at radius 3 is 2.57 bits per heavy atom. The Morgan fingerprint density at radius 2 is 1.83 bits per heavy atom. The van der Waals surface area contributed by atoms with Crippen LogP contribution in [0.1, 0.15) is 21.6 Å². The molecular formula is C19H18N2O2. The van der Waals surface area contributed by atoms with Gasteiger partial charge in [-0.25, -0.2) is 4.98 Å². The average Bonchev–Trinajstić information content (AvgIpc) is 2.57. The number of aromatic nitrogens is 1. The van der Waals surface area contributed by atoms with Crippen molar-refractivity contribution in [3.63, 3.8) is 0 Å². The van der Waals surface area contributed by atoms with Gasteiger partial charge in [0.1, 0.15) is 11.4 Å². The van der Waals surface area contributed by atoms with Gasteiger partial charge in [0, 0.05) is 11.1 Å². The molecule has 0 saturated heterocycles. The van der Waals surface area contributed by atoms with Crippen LogP contribution in [0.2, 0.25) is 0 Å². The van der Waals surface area contributed by atoms with Crippen LogP contribution in [-0.4, -0.2) is 18.0 Å². The van der Waals surface area contributed by atoms with Crippen LogP contribution in [0.3, 0.4) is 0 Å². The number of fused-ring (bicyclic) bond motifs is 1. The fourth-order valence-electron chi connectivity index (χ4n) is 2.37. The first-order chi connectivity index (χ1) is 11.1. The van der Waals surface area contributed by atoms with E-state index in [0.29, 0.717) is 5.69 Å². The lowest BCUT2D eigenvalue weighted by Crippen LogP contribution is -2.13. The van der Waals surface area contributed by atoms with Gasteiger partial charge in [0.25, 0.3) is 5.91 Å². The standard InChI is InChI=1S/C19H18N2O2/c1-12-4-6-15(10-13(12)2)20-19(22)18-8-5-14-11-16(23-3)7-9-17(14)21-18/h4-11H,1-3H3,(H,20,22). The molecule has 0 aliphatic rings. The molecule has 3 rings (SSSR count). The molecule has 4 nitrogen and oxygen atoms in total. The fraction of sp³-hybridized carbons (Fsp3) is 0.158. The lowest BCUT2D eigenvalue weighted by molar-refractivity contribution is 0.102. The molecule has 1 aromatic heterocycles. The molecule has 23 heavy (non-hydrogen) atoms. The number of benzene rings is 2. The fourth-order valence-corrected chi connectivity index (χ4v) is 2.37. The van der Waals surface area contributed by atoms with Gasteiger partial charge in [0.15, 0.2) is 0 Å². The summed E-state index contributed by atoms with van der Waals surface area (Å²) in [5, 5.41) is 3.82. The summed E-state index contributed by atoms with van der Waals surface area (Å²) in [6.07, 6.45) is 0. The van der Waals surface area contributed by atoms with E-state index >= 15 is 0 Å². The summed E-state index contributed by atoms with van der Waals surface area (Å²) >= 11 is 0. The van der Waals surface area contributed by atoms with Gasteiger partial charge in [-0.15, -0.1) is 0 Å². The second-order valence-electron chi connectivity index (χ2n) is 5.51. The number of hydrogen-bond donors (Lipinski definition) is 1. The highest BCUT2D eigenvalue weighted by Crippen LogP contribution is 2.20. The van der Waals surface area contributed by atoms with Crippen molar-refractivity contribution < 1.29 is 9.53 Å². The predicted molar refractivity (Wildman–Crippen MR) is 92.2 cm³/mol. The molecule has 116 valence electrons. The third-order valence-electron chi connectivity index (χ3n) is 3.89. The van der Waals surface area contributed by atoms with Crippen LogP contribution in [0.25, 0.3) is 10.9 Å². The minimum Gasteiger partial charge on any atom is -0.497 e. The maximum Gasteiger partial charge on any atom is 0.274 e. The number of methoxy groups -OCH3 is 1. The van der Waals surface area contributed by atoms with Crippen molar-refractivity contribution in [3.05, 3.63) is 65.4 Å². The van der Waals surface area contributed by atoms with Crippen LogP contribution in [0, 0.1) is 13.8 Å². The van der Waals surface area contributed by atoms with E-state index in [2.05, 4.69) is 10.3 Å². The third kappa shape index (κ3) is 3.16.